The number of piperidine rings is 1. The van der Waals surface area contributed by atoms with E-state index in [-0.39, 0.29) is 0 Å². The van der Waals surface area contributed by atoms with Gasteiger partial charge in [-0.3, -0.25) is 0 Å². The molecule has 1 heterocycles. The van der Waals surface area contributed by atoms with Crippen molar-refractivity contribution in [3.05, 3.63) is 0 Å². The minimum absolute atomic E-state index is 0.835. The highest BCUT2D eigenvalue weighted by Crippen LogP contribution is 2.08. The van der Waals surface area contributed by atoms with Crippen LogP contribution in [0, 0.1) is 18.3 Å². The van der Waals surface area contributed by atoms with Gasteiger partial charge in [0.1, 0.15) is 0 Å². The Kier molecular flexibility index (Phi) is 6.94. The lowest BCUT2D eigenvalue weighted by molar-refractivity contribution is 0.363. The Morgan fingerprint density at radius 2 is 2.50 bits per heavy atom. The van der Waals surface area contributed by atoms with E-state index in [9.17, 15) is 0 Å². The molecule has 3 heteroatoms. The fourth-order valence-electron chi connectivity index (χ4n) is 1.68. The molecule has 1 unspecified atom stereocenters. The van der Waals surface area contributed by atoms with E-state index >= 15 is 0 Å². The van der Waals surface area contributed by atoms with Crippen LogP contribution < -0.4 is 10.6 Å². The van der Waals surface area contributed by atoms with Crippen molar-refractivity contribution in [1.29, 1.82) is 0 Å². The summed E-state index contributed by atoms with van der Waals surface area (Å²) in [6.07, 6.45) is 7.86. The topological polar surface area (TPSA) is 24.1 Å². The van der Waals surface area contributed by atoms with E-state index in [1.165, 1.54) is 25.9 Å². The van der Waals surface area contributed by atoms with Crippen LogP contribution in [-0.2, 0) is 0 Å². The average molecular weight is 212 g/mol. The van der Waals surface area contributed by atoms with Crippen molar-refractivity contribution in [2.24, 2.45) is 5.92 Å². The lowest BCUT2D eigenvalue weighted by Gasteiger charge is -2.22. The van der Waals surface area contributed by atoms with Gasteiger partial charge in [0.15, 0.2) is 0 Å². The molecule has 0 aromatic carbocycles. The molecule has 0 bridgehead atoms. The molecule has 1 fully saturated rings. The van der Waals surface area contributed by atoms with Crippen molar-refractivity contribution in [3.63, 3.8) is 0 Å². The molecule has 0 aromatic heterocycles. The van der Waals surface area contributed by atoms with Crippen molar-refractivity contribution in [3.8, 4) is 12.3 Å². The zero-order chi connectivity index (χ0) is 10.1. The Morgan fingerprint density at radius 1 is 1.57 bits per heavy atom. The standard InChI is InChI=1S/C11H20N2S/c1-2-7-14-8-6-13-10-11-4-3-5-12-9-11/h1,11-13H,3-10H2. The number of nitrogens with one attached hydrogen (secondary N) is 2. The first kappa shape index (κ1) is 11.9. The molecule has 0 saturated carbocycles. The minimum atomic E-state index is 0.835. The number of rotatable bonds is 6. The van der Waals surface area contributed by atoms with Crippen LogP contribution in [0.15, 0.2) is 0 Å². The molecule has 80 valence electrons. The van der Waals surface area contributed by atoms with Gasteiger partial charge < -0.3 is 10.6 Å². The summed E-state index contributed by atoms with van der Waals surface area (Å²) in [6, 6.07) is 0. The van der Waals surface area contributed by atoms with E-state index in [2.05, 4.69) is 16.6 Å². The summed E-state index contributed by atoms with van der Waals surface area (Å²) >= 11 is 1.83. The van der Waals surface area contributed by atoms with Gasteiger partial charge in [0, 0.05) is 12.3 Å². The predicted octanol–water partition coefficient (Wildman–Crippen LogP) is 0.942. The Balaban J connectivity index is 1.85. The van der Waals surface area contributed by atoms with Gasteiger partial charge in [-0.05, 0) is 38.4 Å². The van der Waals surface area contributed by atoms with Crippen LogP contribution in [0.2, 0.25) is 0 Å². The number of terminal acetylenes is 1. The average Bonchev–Trinajstić information content (AvgIpc) is 2.25. The second-order valence-corrected chi connectivity index (χ2v) is 4.78. The van der Waals surface area contributed by atoms with Crippen LogP contribution in [-0.4, -0.2) is 37.7 Å². The Bertz CT molecular complexity index is 171. The molecule has 0 aromatic rings. The van der Waals surface area contributed by atoms with E-state index in [0.717, 1.165) is 30.5 Å². The summed E-state index contributed by atoms with van der Waals surface area (Å²) in [5.41, 5.74) is 0. The van der Waals surface area contributed by atoms with Crippen LogP contribution >= 0.6 is 11.8 Å². The predicted molar refractivity (Wildman–Crippen MR) is 64.6 cm³/mol. The number of hydrogen-bond acceptors (Lipinski definition) is 3. The molecule has 1 aliphatic rings. The van der Waals surface area contributed by atoms with Gasteiger partial charge in [-0.1, -0.05) is 5.92 Å². The van der Waals surface area contributed by atoms with Crippen molar-refractivity contribution in [1.82, 2.24) is 10.6 Å². The highest BCUT2D eigenvalue weighted by Gasteiger charge is 2.11. The first-order valence-corrected chi connectivity index (χ1v) is 6.51. The van der Waals surface area contributed by atoms with Crippen LogP contribution in [0.4, 0.5) is 0 Å². The lowest BCUT2D eigenvalue weighted by Crippen LogP contribution is -2.36. The molecule has 1 saturated heterocycles. The molecule has 1 atom stereocenters. The van der Waals surface area contributed by atoms with E-state index in [0.29, 0.717) is 0 Å². The van der Waals surface area contributed by atoms with Gasteiger partial charge in [-0.15, -0.1) is 18.2 Å². The third-order valence-electron chi connectivity index (χ3n) is 2.44. The van der Waals surface area contributed by atoms with E-state index in [1.807, 2.05) is 11.8 Å². The molecule has 0 amide bonds. The van der Waals surface area contributed by atoms with Gasteiger partial charge in [0.05, 0.1) is 5.75 Å². The third-order valence-corrected chi connectivity index (χ3v) is 3.30. The molecule has 1 aliphatic heterocycles. The molecular formula is C11H20N2S. The molecule has 1 rings (SSSR count). The summed E-state index contributed by atoms with van der Waals surface area (Å²) in [4.78, 5) is 0. The molecule has 0 aliphatic carbocycles. The quantitative estimate of drug-likeness (QED) is 0.506. The molecule has 0 radical (unpaired) electrons. The van der Waals surface area contributed by atoms with Crippen molar-refractivity contribution in [2.75, 3.05) is 37.7 Å². The van der Waals surface area contributed by atoms with Crippen LogP contribution in [0.25, 0.3) is 0 Å². The largest absolute Gasteiger partial charge is 0.316 e. The maximum Gasteiger partial charge on any atom is 0.0545 e. The lowest BCUT2D eigenvalue weighted by atomic mass is 10.00. The summed E-state index contributed by atoms with van der Waals surface area (Å²) in [5.74, 6) is 5.44. The molecule has 2 N–H and O–H groups in total. The van der Waals surface area contributed by atoms with E-state index in [1.54, 1.807) is 0 Å². The summed E-state index contributed by atoms with van der Waals surface area (Å²) in [5, 5.41) is 6.91. The van der Waals surface area contributed by atoms with Gasteiger partial charge in [0.2, 0.25) is 0 Å². The second kappa shape index (κ2) is 8.16. The van der Waals surface area contributed by atoms with Crippen molar-refractivity contribution in [2.45, 2.75) is 12.8 Å². The van der Waals surface area contributed by atoms with Crippen LogP contribution in [0.5, 0.6) is 0 Å². The van der Waals surface area contributed by atoms with Crippen LogP contribution in [0.3, 0.4) is 0 Å². The summed E-state index contributed by atoms with van der Waals surface area (Å²) < 4.78 is 0. The third kappa shape index (κ3) is 5.54. The van der Waals surface area contributed by atoms with Crippen LogP contribution in [0.1, 0.15) is 12.8 Å². The Hall–Kier alpha value is -0.170. The smallest absolute Gasteiger partial charge is 0.0545 e. The minimum Gasteiger partial charge on any atom is -0.316 e. The zero-order valence-corrected chi connectivity index (χ0v) is 9.54. The Labute approximate surface area is 91.6 Å². The molecule has 2 nitrogen and oxygen atoms in total. The van der Waals surface area contributed by atoms with Gasteiger partial charge in [0.25, 0.3) is 0 Å². The molecule has 0 spiro atoms. The highest BCUT2D eigenvalue weighted by molar-refractivity contribution is 7.99. The van der Waals surface area contributed by atoms with Gasteiger partial charge >= 0.3 is 0 Å². The first-order chi connectivity index (χ1) is 6.93. The first-order valence-electron chi connectivity index (χ1n) is 5.36. The highest BCUT2D eigenvalue weighted by atomic mass is 32.2. The fourth-order valence-corrected chi connectivity index (χ4v) is 2.23. The molecular weight excluding hydrogens is 192 g/mol. The summed E-state index contributed by atoms with van der Waals surface area (Å²) in [7, 11) is 0. The Morgan fingerprint density at radius 3 is 3.21 bits per heavy atom. The monoisotopic (exact) mass is 212 g/mol. The zero-order valence-electron chi connectivity index (χ0n) is 8.72. The van der Waals surface area contributed by atoms with Crippen molar-refractivity contribution >= 4 is 11.8 Å². The number of hydrogen-bond donors (Lipinski definition) is 2. The number of thioether (sulfide) groups is 1. The maximum atomic E-state index is 5.16. The van der Waals surface area contributed by atoms with E-state index in [4.69, 9.17) is 6.42 Å². The van der Waals surface area contributed by atoms with Gasteiger partial charge in [-0.25, -0.2) is 0 Å². The summed E-state index contributed by atoms with van der Waals surface area (Å²) in [6.45, 7) is 4.63. The second-order valence-electron chi connectivity index (χ2n) is 3.67. The SMILES string of the molecule is C#CCSCCNCC1CCCNC1. The van der Waals surface area contributed by atoms with Crippen molar-refractivity contribution < 1.29 is 0 Å². The van der Waals surface area contributed by atoms with E-state index < -0.39 is 0 Å². The normalized spacial score (nSPS) is 21.8. The van der Waals surface area contributed by atoms with Gasteiger partial charge in [-0.2, -0.15) is 0 Å². The molecule has 14 heavy (non-hydrogen) atoms. The maximum absolute atomic E-state index is 5.16. The fraction of sp³-hybridized carbons (Fsp3) is 0.818.